The third kappa shape index (κ3) is 2.78. The number of rotatable bonds is 2. The van der Waals surface area contributed by atoms with Crippen molar-refractivity contribution in [3.05, 3.63) is 0 Å². The highest BCUT2D eigenvalue weighted by Crippen LogP contribution is 2.31. The van der Waals surface area contributed by atoms with Crippen molar-refractivity contribution in [3.63, 3.8) is 0 Å². The fraction of sp³-hybridized carbons (Fsp3) is 0.917. The minimum atomic E-state index is -4.41. The van der Waals surface area contributed by atoms with E-state index in [4.69, 9.17) is 5.26 Å². The largest absolute Gasteiger partial charge is 0.405 e. The molecule has 0 aromatic carbocycles. The maximum Gasteiger partial charge on any atom is 0.405 e. The Balaban J connectivity index is 1.97. The van der Waals surface area contributed by atoms with Gasteiger partial charge in [-0.3, -0.25) is 4.90 Å². The van der Waals surface area contributed by atoms with Crippen molar-refractivity contribution in [1.82, 2.24) is 9.80 Å². The molecule has 2 rings (SSSR count). The summed E-state index contributed by atoms with van der Waals surface area (Å²) in [6, 6.07) is 2.24. The zero-order chi connectivity index (χ0) is 13.3. The Bertz CT molecular complexity index is 336. The van der Waals surface area contributed by atoms with Crippen LogP contribution >= 0.6 is 0 Å². The molecule has 0 amide bonds. The Kier molecular flexibility index (Phi) is 3.83. The predicted octanol–water partition coefficient (Wildman–Crippen LogP) is 1.86. The van der Waals surface area contributed by atoms with Crippen LogP contribution in [0.25, 0.3) is 0 Å². The standard InChI is InChI=1S/C12H18F3N3/c1-17-10-2-3-11(17)8-18(5-4-10)7-9(6-16)12(13,14)15/h9-11H,2-5,7-8H2,1H3. The molecule has 0 radical (unpaired) electrons. The van der Waals surface area contributed by atoms with Crippen molar-refractivity contribution in [3.8, 4) is 6.07 Å². The summed E-state index contributed by atoms with van der Waals surface area (Å²) in [5.74, 6) is -1.86. The smallest absolute Gasteiger partial charge is 0.300 e. The monoisotopic (exact) mass is 261 g/mol. The van der Waals surface area contributed by atoms with Crippen LogP contribution in [0.5, 0.6) is 0 Å². The first-order valence-electron chi connectivity index (χ1n) is 6.32. The number of likely N-dealkylation sites (N-methyl/N-ethyl adjacent to an activating group) is 1. The van der Waals surface area contributed by atoms with E-state index in [1.165, 1.54) is 6.07 Å². The van der Waals surface area contributed by atoms with E-state index in [0.29, 0.717) is 25.2 Å². The number of likely N-dealkylation sites (tertiary alicyclic amines) is 1. The molecule has 2 aliphatic heterocycles. The number of nitrogens with zero attached hydrogens (tertiary/aromatic N) is 3. The van der Waals surface area contributed by atoms with Gasteiger partial charge < -0.3 is 4.90 Å². The van der Waals surface area contributed by atoms with Gasteiger partial charge in [0.15, 0.2) is 5.92 Å². The SMILES string of the molecule is CN1C2CCC1CN(CC(C#N)C(F)(F)F)CC2. The highest BCUT2D eigenvalue weighted by Gasteiger charge is 2.42. The summed E-state index contributed by atoms with van der Waals surface area (Å²) in [5.41, 5.74) is 0. The lowest BCUT2D eigenvalue weighted by Crippen LogP contribution is -2.41. The van der Waals surface area contributed by atoms with Crippen LogP contribution in [0.2, 0.25) is 0 Å². The molecule has 2 fully saturated rings. The fourth-order valence-electron chi connectivity index (χ4n) is 3.02. The Labute approximate surface area is 105 Å². The zero-order valence-corrected chi connectivity index (χ0v) is 10.5. The Morgan fingerprint density at radius 1 is 1.28 bits per heavy atom. The molecule has 3 unspecified atom stereocenters. The molecular formula is C12H18F3N3. The summed E-state index contributed by atoms with van der Waals surface area (Å²) in [7, 11) is 2.05. The topological polar surface area (TPSA) is 30.3 Å². The molecule has 0 aliphatic carbocycles. The van der Waals surface area contributed by atoms with Gasteiger partial charge in [-0.1, -0.05) is 0 Å². The summed E-state index contributed by atoms with van der Waals surface area (Å²) in [6.45, 7) is 1.14. The molecule has 18 heavy (non-hydrogen) atoms. The summed E-state index contributed by atoms with van der Waals surface area (Å²) in [6.07, 6.45) is -1.30. The van der Waals surface area contributed by atoms with Crippen LogP contribution < -0.4 is 0 Å². The molecule has 2 bridgehead atoms. The van der Waals surface area contributed by atoms with Crippen LogP contribution in [-0.2, 0) is 0 Å². The maximum atomic E-state index is 12.6. The molecule has 0 aromatic heterocycles. The number of alkyl halides is 3. The molecule has 0 N–H and O–H groups in total. The predicted molar refractivity (Wildman–Crippen MR) is 60.8 cm³/mol. The van der Waals surface area contributed by atoms with Gasteiger partial charge in [-0.25, -0.2) is 0 Å². The van der Waals surface area contributed by atoms with E-state index in [9.17, 15) is 13.2 Å². The number of fused-ring (bicyclic) bond motifs is 2. The summed E-state index contributed by atoms with van der Waals surface area (Å²) in [4.78, 5) is 4.09. The molecule has 2 saturated heterocycles. The van der Waals surface area contributed by atoms with Crippen molar-refractivity contribution >= 4 is 0 Å². The van der Waals surface area contributed by atoms with Gasteiger partial charge in [-0.15, -0.1) is 0 Å². The van der Waals surface area contributed by atoms with E-state index in [-0.39, 0.29) is 6.54 Å². The first-order chi connectivity index (χ1) is 8.41. The van der Waals surface area contributed by atoms with E-state index in [2.05, 4.69) is 11.9 Å². The normalized spacial score (nSPS) is 31.9. The second kappa shape index (κ2) is 5.06. The molecule has 2 heterocycles. The minimum absolute atomic E-state index is 0.183. The van der Waals surface area contributed by atoms with E-state index in [1.54, 1.807) is 0 Å². The van der Waals surface area contributed by atoms with Gasteiger partial charge in [0.2, 0.25) is 0 Å². The lowest BCUT2D eigenvalue weighted by Gasteiger charge is -2.27. The summed E-state index contributed by atoms with van der Waals surface area (Å²) in [5, 5.41) is 8.64. The molecular weight excluding hydrogens is 243 g/mol. The Morgan fingerprint density at radius 3 is 2.56 bits per heavy atom. The van der Waals surface area contributed by atoms with E-state index in [0.717, 1.165) is 19.3 Å². The average molecular weight is 261 g/mol. The number of hydrogen-bond donors (Lipinski definition) is 0. The van der Waals surface area contributed by atoms with Crippen LogP contribution in [0.4, 0.5) is 13.2 Å². The van der Waals surface area contributed by atoms with Crippen molar-refractivity contribution in [1.29, 1.82) is 5.26 Å². The summed E-state index contributed by atoms with van der Waals surface area (Å²) < 4.78 is 37.7. The number of hydrogen-bond acceptors (Lipinski definition) is 3. The van der Waals surface area contributed by atoms with Gasteiger partial charge in [0.25, 0.3) is 0 Å². The van der Waals surface area contributed by atoms with Crippen LogP contribution in [0.15, 0.2) is 0 Å². The van der Waals surface area contributed by atoms with Gasteiger partial charge in [0.05, 0.1) is 6.07 Å². The van der Waals surface area contributed by atoms with Gasteiger partial charge in [-0.2, -0.15) is 18.4 Å². The molecule has 102 valence electrons. The lowest BCUT2D eigenvalue weighted by molar-refractivity contribution is -0.163. The minimum Gasteiger partial charge on any atom is -0.300 e. The summed E-state index contributed by atoms with van der Waals surface area (Å²) >= 11 is 0. The third-order valence-corrected chi connectivity index (χ3v) is 4.22. The molecule has 3 nitrogen and oxygen atoms in total. The zero-order valence-electron chi connectivity index (χ0n) is 10.5. The van der Waals surface area contributed by atoms with E-state index < -0.39 is 12.1 Å². The molecule has 3 atom stereocenters. The molecule has 0 aromatic rings. The van der Waals surface area contributed by atoms with E-state index >= 15 is 0 Å². The van der Waals surface area contributed by atoms with Gasteiger partial charge in [0, 0.05) is 25.2 Å². The molecule has 6 heteroatoms. The van der Waals surface area contributed by atoms with Crippen molar-refractivity contribution in [2.24, 2.45) is 5.92 Å². The molecule has 0 saturated carbocycles. The Hall–Kier alpha value is -0.800. The quantitative estimate of drug-likeness (QED) is 0.760. The van der Waals surface area contributed by atoms with Crippen molar-refractivity contribution in [2.75, 3.05) is 26.7 Å². The number of halogens is 3. The molecule has 0 spiro atoms. The number of nitriles is 1. The van der Waals surface area contributed by atoms with Crippen LogP contribution in [0.3, 0.4) is 0 Å². The third-order valence-electron chi connectivity index (χ3n) is 4.22. The first kappa shape index (κ1) is 13.6. The first-order valence-corrected chi connectivity index (χ1v) is 6.32. The van der Waals surface area contributed by atoms with Gasteiger partial charge in [-0.05, 0) is 32.9 Å². The van der Waals surface area contributed by atoms with E-state index in [1.807, 2.05) is 4.90 Å². The van der Waals surface area contributed by atoms with Crippen molar-refractivity contribution < 1.29 is 13.2 Å². The second-order valence-electron chi connectivity index (χ2n) is 5.32. The highest BCUT2D eigenvalue weighted by molar-refractivity contribution is 4.95. The van der Waals surface area contributed by atoms with Crippen molar-refractivity contribution in [2.45, 2.75) is 37.5 Å². The van der Waals surface area contributed by atoms with Crippen LogP contribution in [0.1, 0.15) is 19.3 Å². The fourth-order valence-corrected chi connectivity index (χ4v) is 3.02. The lowest BCUT2D eigenvalue weighted by atomic mass is 10.1. The van der Waals surface area contributed by atoms with Crippen LogP contribution in [-0.4, -0.2) is 54.7 Å². The second-order valence-corrected chi connectivity index (χ2v) is 5.32. The maximum absolute atomic E-state index is 12.6. The van der Waals surface area contributed by atoms with Gasteiger partial charge in [0.1, 0.15) is 0 Å². The average Bonchev–Trinajstić information content (AvgIpc) is 2.50. The van der Waals surface area contributed by atoms with Gasteiger partial charge >= 0.3 is 6.18 Å². The van der Waals surface area contributed by atoms with Crippen LogP contribution in [0, 0.1) is 17.2 Å². The molecule has 2 aliphatic rings. The Morgan fingerprint density at radius 2 is 1.94 bits per heavy atom. The highest BCUT2D eigenvalue weighted by atomic mass is 19.4.